The van der Waals surface area contributed by atoms with Crippen LogP contribution >= 0.6 is 0 Å². The maximum Gasteiger partial charge on any atom is 0.323 e. The van der Waals surface area contributed by atoms with Gasteiger partial charge in [-0.1, -0.05) is 54.6 Å². The Morgan fingerprint density at radius 2 is 1.67 bits per heavy atom. The molecule has 0 radical (unpaired) electrons. The Morgan fingerprint density at radius 3 is 2.33 bits per heavy atom. The number of amides is 1. The summed E-state index contributed by atoms with van der Waals surface area (Å²) in [5, 5.41) is 9.08. The molecule has 1 N–H and O–H groups in total. The molecule has 0 saturated carbocycles. The standard InChI is InChI=1S/C19H21NO4/c1-24-14-17-9-5-8-16(10-17)11-18(21)20(13-19(22)23)12-15-6-3-2-4-7-15/h2-10H,11-14H2,1H3,(H,22,23). The number of rotatable bonds is 8. The van der Waals surface area contributed by atoms with Crippen molar-refractivity contribution in [2.75, 3.05) is 13.7 Å². The van der Waals surface area contributed by atoms with Crippen LogP contribution in [-0.2, 0) is 33.9 Å². The van der Waals surface area contributed by atoms with Crippen molar-refractivity contribution >= 4 is 11.9 Å². The number of hydrogen-bond donors (Lipinski definition) is 1. The number of carbonyl (C=O) groups is 2. The number of ether oxygens (including phenoxy) is 1. The first kappa shape index (κ1) is 17.7. The molecule has 0 aliphatic heterocycles. The van der Waals surface area contributed by atoms with E-state index in [-0.39, 0.29) is 25.4 Å². The molecule has 2 aromatic carbocycles. The van der Waals surface area contributed by atoms with Crippen LogP contribution in [0.25, 0.3) is 0 Å². The van der Waals surface area contributed by atoms with E-state index in [4.69, 9.17) is 9.84 Å². The lowest BCUT2D eigenvalue weighted by molar-refractivity contribution is -0.144. The van der Waals surface area contributed by atoms with Gasteiger partial charge in [0, 0.05) is 13.7 Å². The van der Waals surface area contributed by atoms with Gasteiger partial charge in [0.2, 0.25) is 5.91 Å². The van der Waals surface area contributed by atoms with Crippen molar-refractivity contribution in [3.8, 4) is 0 Å². The molecule has 2 aromatic rings. The van der Waals surface area contributed by atoms with E-state index in [0.29, 0.717) is 6.61 Å². The zero-order chi connectivity index (χ0) is 17.4. The highest BCUT2D eigenvalue weighted by molar-refractivity contribution is 5.83. The highest BCUT2D eigenvalue weighted by Crippen LogP contribution is 2.11. The van der Waals surface area contributed by atoms with Gasteiger partial charge in [-0.25, -0.2) is 0 Å². The summed E-state index contributed by atoms with van der Waals surface area (Å²) >= 11 is 0. The van der Waals surface area contributed by atoms with Crippen LogP contribution in [0.5, 0.6) is 0 Å². The Kier molecular flexibility index (Phi) is 6.51. The fourth-order valence-electron chi connectivity index (χ4n) is 2.48. The van der Waals surface area contributed by atoms with Crippen LogP contribution in [0.2, 0.25) is 0 Å². The summed E-state index contributed by atoms with van der Waals surface area (Å²) in [6.45, 7) is 0.445. The molecule has 0 fully saturated rings. The summed E-state index contributed by atoms with van der Waals surface area (Å²) in [5.74, 6) is -1.23. The molecule has 0 bridgehead atoms. The molecule has 0 atom stereocenters. The van der Waals surface area contributed by atoms with Crippen molar-refractivity contribution in [1.82, 2.24) is 4.90 Å². The first-order valence-electron chi connectivity index (χ1n) is 7.68. The molecule has 126 valence electrons. The quantitative estimate of drug-likeness (QED) is 0.809. The summed E-state index contributed by atoms with van der Waals surface area (Å²) < 4.78 is 5.09. The maximum absolute atomic E-state index is 12.6. The third-order valence-corrected chi connectivity index (χ3v) is 3.55. The van der Waals surface area contributed by atoms with Crippen molar-refractivity contribution in [1.29, 1.82) is 0 Å². The average Bonchev–Trinajstić information content (AvgIpc) is 2.55. The molecule has 0 saturated heterocycles. The molecule has 5 nitrogen and oxygen atoms in total. The Morgan fingerprint density at radius 1 is 1.00 bits per heavy atom. The van der Waals surface area contributed by atoms with Gasteiger partial charge in [-0.3, -0.25) is 9.59 Å². The zero-order valence-corrected chi connectivity index (χ0v) is 13.6. The van der Waals surface area contributed by atoms with E-state index in [9.17, 15) is 9.59 Å². The van der Waals surface area contributed by atoms with Gasteiger partial charge in [0.15, 0.2) is 0 Å². The fraction of sp³-hybridized carbons (Fsp3) is 0.263. The molecule has 0 spiro atoms. The summed E-state index contributed by atoms with van der Waals surface area (Å²) in [5.41, 5.74) is 2.73. The molecule has 0 aliphatic rings. The summed E-state index contributed by atoms with van der Waals surface area (Å²) in [7, 11) is 1.62. The van der Waals surface area contributed by atoms with E-state index in [1.165, 1.54) is 4.90 Å². The third-order valence-electron chi connectivity index (χ3n) is 3.55. The van der Waals surface area contributed by atoms with Crippen molar-refractivity contribution in [3.63, 3.8) is 0 Å². The number of carboxylic acid groups (broad SMARTS) is 1. The largest absolute Gasteiger partial charge is 0.480 e. The molecule has 1 amide bonds. The van der Waals surface area contributed by atoms with Crippen molar-refractivity contribution in [3.05, 3.63) is 71.3 Å². The smallest absolute Gasteiger partial charge is 0.323 e. The molecule has 0 aromatic heterocycles. The Hall–Kier alpha value is -2.66. The summed E-state index contributed by atoms with van der Waals surface area (Å²) in [6.07, 6.45) is 0.164. The molecule has 0 heterocycles. The van der Waals surface area contributed by atoms with Gasteiger partial charge in [-0.2, -0.15) is 0 Å². The Labute approximate surface area is 141 Å². The first-order valence-corrected chi connectivity index (χ1v) is 7.68. The number of hydrogen-bond acceptors (Lipinski definition) is 3. The van der Waals surface area contributed by atoms with Gasteiger partial charge in [0.05, 0.1) is 13.0 Å². The van der Waals surface area contributed by atoms with Gasteiger partial charge in [-0.05, 0) is 16.7 Å². The van der Waals surface area contributed by atoms with Crippen molar-refractivity contribution in [2.45, 2.75) is 19.6 Å². The number of carbonyl (C=O) groups excluding carboxylic acids is 1. The van der Waals surface area contributed by atoms with Gasteiger partial charge in [0.1, 0.15) is 6.54 Å². The second-order valence-corrected chi connectivity index (χ2v) is 5.56. The van der Waals surface area contributed by atoms with Crippen LogP contribution in [0.15, 0.2) is 54.6 Å². The minimum atomic E-state index is -1.02. The van der Waals surface area contributed by atoms with Crippen LogP contribution < -0.4 is 0 Å². The molecular weight excluding hydrogens is 306 g/mol. The highest BCUT2D eigenvalue weighted by Gasteiger charge is 2.17. The molecule has 5 heteroatoms. The molecule has 24 heavy (non-hydrogen) atoms. The molecule has 2 rings (SSSR count). The van der Waals surface area contributed by atoms with Crippen molar-refractivity contribution in [2.24, 2.45) is 0 Å². The topological polar surface area (TPSA) is 66.8 Å². The number of methoxy groups -OCH3 is 1. The number of aliphatic carboxylic acids is 1. The van der Waals surface area contributed by atoms with E-state index >= 15 is 0 Å². The lowest BCUT2D eigenvalue weighted by Crippen LogP contribution is -2.36. The number of nitrogens with zero attached hydrogens (tertiary/aromatic N) is 1. The van der Waals surface area contributed by atoms with Gasteiger partial charge < -0.3 is 14.7 Å². The normalized spacial score (nSPS) is 10.4. The monoisotopic (exact) mass is 327 g/mol. The zero-order valence-electron chi connectivity index (χ0n) is 13.6. The Balaban J connectivity index is 2.09. The number of carboxylic acids is 1. The molecular formula is C19H21NO4. The lowest BCUT2D eigenvalue weighted by Gasteiger charge is -2.21. The van der Waals surface area contributed by atoms with Gasteiger partial charge in [0.25, 0.3) is 0 Å². The minimum Gasteiger partial charge on any atom is -0.480 e. The van der Waals surface area contributed by atoms with Crippen LogP contribution in [-0.4, -0.2) is 35.5 Å². The van der Waals surface area contributed by atoms with Crippen LogP contribution in [0, 0.1) is 0 Å². The molecule has 0 unspecified atom stereocenters. The van der Waals surface area contributed by atoms with Gasteiger partial charge >= 0.3 is 5.97 Å². The van der Waals surface area contributed by atoms with E-state index < -0.39 is 5.97 Å². The SMILES string of the molecule is COCc1cccc(CC(=O)N(CC(=O)O)Cc2ccccc2)c1. The van der Waals surface area contributed by atoms with Gasteiger partial charge in [-0.15, -0.1) is 0 Å². The van der Waals surface area contributed by atoms with Crippen LogP contribution in [0.3, 0.4) is 0 Å². The number of benzene rings is 2. The summed E-state index contributed by atoms with van der Waals surface area (Å²) in [6, 6.07) is 16.9. The maximum atomic E-state index is 12.6. The third kappa shape index (κ3) is 5.52. The second kappa shape index (κ2) is 8.84. The minimum absolute atomic E-state index is 0.164. The van der Waals surface area contributed by atoms with Crippen LogP contribution in [0.1, 0.15) is 16.7 Å². The van der Waals surface area contributed by atoms with E-state index in [2.05, 4.69) is 0 Å². The lowest BCUT2D eigenvalue weighted by atomic mass is 10.1. The van der Waals surface area contributed by atoms with Crippen molar-refractivity contribution < 1.29 is 19.4 Å². The Bertz CT molecular complexity index is 685. The van der Waals surface area contributed by atoms with E-state index in [0.717, 1.165) is 16.7 Å². The van der Waals surface area contributed by atoms with E-state index in [1.54, 1.807) is 7.11 Å². The highest BCUT2D eigenvalue weighted by atomic mass is 16.5. The predicted molar refractivity (Wildman–Crippen MR) is 90.4 cm³/mol. The first-order chi connectivity index (χ1) is 11.6. The average molecular weight is 327 g/mol. The van der Waals surface area contributed by atoms with Crippen LogP contribution in [0.4, 0.5) is 0 Å². The summed E-state index contributed by atoms with van der Waals surface area (Å²) in [4.78, 5) is 25.0. The molecule has 0 aliphatic carbocycles. The second-order valence-electron chi connectivity index (χ2n) is 5.56. The van der Waals surface area contributed by atoms with E-state index in [1.807, 2.05) is 54.6 Å². The predicted octanol–water partition coefficient (Wildman–Crippen LogP) is 2.49. The fourth-order valence-corrected chi connectivity index (χ4v) is 2.48.